The van der Waals surface area contributed by atoms with Crippen molar-refractivity contribution in [3.05, 3.63) is 108 Å². The van der Waals surface area contributed by atoms with Gasteiger partial charge in [-0.2, -0.15) is 0 Å². The Balaban J connectivity index is 1.54. The maximum Gasteiger partial charge on any atom is 0.324 e. The van der Waals surface area contributed by atoms with E-state index in [-0.39, 0.29) is 12.2 Å². The summed E-state index contributed by atoms with van der Waals surface area (Å²) >= 11 is 0. The van der Waals surface area contributed by atoms with Crippen LogP contribution in [-0.4, -0.2) is 22.9 Å². The monoisotopic (exact) mass is 384 g/mol. The van der Waals surface area contributed by atoms with Gasteiger partial charge in [0, 0.05) is 13.1 Å². The van der Waals surface area contributed by atoms with Crippen LogP contribution in [0.5, 0.6) is 0 Å². The SMILES string of the molecule is O=C1NC(=NCc2ccccc2)[C@@H](NCc2ccccc2)N1Cc1ccccc1. The average molecular weight is 384 g/mol. The number of amides is 2. The number of carbonyl (C=O) groups is 1. The molecule has 146 valence electrons. The highest BCUT2D eigenvalue weighted by Gasteiger charge is 2.36. The molecule has 0 saturated carbocycles. The molecule has 1 saturated heterocycles. The van der Waals surface area contributed by atoms with Crippen molar-refractivity contribution in [1.82, 2.24) is 15.5 Å². The normalized spacial score (nSPS) is 17.5. The number of benzene rings is 3. The van der Waals surface area contributed by atoms with Crippen molar-refractivity contribution < 1.29 is 4.79 Å². The summed E-state index contributed by atoms with van der Waals surface area (Å²) in [5.41, 5.74) is 3.35. The van der Waals surface area contributed by atoms with Crippen LogP contribution in [0.25, 0.3) is 0 Å². The highest BCUT2D eigenvalue weighted by atomic mass is 16.2. The number of amidine groups is 1. The summed E-state index contributed by atoms with van der Waals surface area (Å²) in [5.74, 6) is 0.658. The van der Waals surface area contributed by atoms with Crippen molar-refractivity contribution in [3.63, 3.8) is 0 Å². The smallest absolute Gasteiger partial charge is 0.297 e. The third kappa shape index (κ3) is 4.89. The second kappa shape index (κ2) is 9.17. The molecule has 1 aliphatic heterocycles. The number of aliphatic imine (C=N–C) groups is 1. The summed E-state index contributed by atoms with van der Waals surface area (Å²) in [7, 11) is 0. The first kappa shape index (κ1) is 18.9. The van der Waals surface area contributed by atoms with Crippen molar-refractivity contribution in [2.45, 2.75) is 25.8 Å². The van der Waals surface area contributed by atoms with Crippen molar-refractivity contribution in [1.29, 1.82) is 0 Å². The highest BCUT2D eigenvalue weighted by Crippen LogP contribution is 2.15. The number of nitrogens with one attached hydrogen (secondary N) is 2. The van der Waals surface area contributed by atoms with Gasteiger partial charge >= 0.3 is 6.03 Å². The van der Waals surface area contributed by atoms with E-state index < -0.39 is 0 Å². The summed E-state index contributed by atoms with van der Waals surface area (Å²) < 4.78 is 0. The molecular formula is C24H24N4O. The van der Waals surface area contributed by atoms with Gasteiger partial charge in [-0.15, -0.1) is 0 Å². The first-order chi connectivity index (χ1) is 14.3. The number of carbonyl (C=O) groups excluding carboxylic acids is 1. The van der Waals surface area contributed by atoms with Crippen LogP contribution in [-0.2, 0) is 19.6 Å². The van der Waals surface area contributed by atoms with Crippen LogP contribution in [0, 0.1) is 0 Å². The predicted molar refractivity (Wildman–Crippen MR) is 115 cm³/mol. The Hall–Kier alpha value is -3.44. The highest BCUT2D eigenvalue weighted by molar-refractivity contribution is 6.06. The summed E-state index contributed by atoms with van der Waals surface area (Å²) in [6, 6.07) is 30.1. The van der Waals surface area contributed by atoms with Gasteiger partial charge in [0.15, 0.2) is 0 Å². The summed E-state index contributed by atoms with van der Waals surface area (Å²) in [6.07, 6.45) is -0.299. The quantitative estimate of drug-likeness (QED) is 0.649. The van der Waals surface area contributed by atoms with Crippen LogP contribution >= 0.6 is 0 Å². The summed E-state index contributed by atoms with van der Waals surface area (Å²) in [4.78, 5) is 19.2. The molecule has 3 aromatic rings. The number of hydrogen-bond donors (Lipinski definition) is 2. The van der Waals surface area contributed by atoms with Gasteiger partial charge in [-0.25, -0.2) is 4.79 Å². The lowest BCUT2D eigenvalue weighted by Gasteiger charge is -2.24. The molecule has 0 radical (unpaired) electrons. The Morgan fingerprint density at radius 2 is 1.34 bits per heavy atom. The topological polar surface area (TPSA) is 56.7 Å². The van der Waals surface area contributed by atoms with Gasteiger partial charge in [0.25, 0.3) is 0 Å². The first-order valence-electron chi connectivity index (χ1n) is 9.77. The van der Waals surface area contributed by atoms with Crippen molar-refractivity contribution >= 4 is 11.9 Å². The molecule has 1 atom stereocenters. The molecule has 1 fully saturated rings. The fourth-order valence-corrected chi connectivity index (χ4v) is 3.36. The summed E-state index contributed by atoms with van der Waals surface area (Å²) in [6.45, 7) is 1.69. The zero-order valence-corrected chi connectivity index (χ0v) is 16.2. The first-order valence-corrected chi connectivity index (χ1v) is 9.77. The van der Waals surface area contributed by atoms with Gasteiger partial charge in [-0.1, -0.05) is 91.0 Å². The lowest BCUT2D eigenvalue weighted by Crippen LogP contribution is -2.45. The van der Waals surface area contributed by atoms with Crippen LogP contribution in [0.2, 0.25) is 0 Å². The number of urea groups is 1. The predicted octanol–water partition coefficient (Wildman–Crippen LogP) is 3.93. The molecule has 1 aliphatic rings. The van der Waals surface area contributed by atoms with E-state index >= 15 is 0 Å². The summed E-state index contributed by atoms with van der Waals surface area (Å²) in [5, 5.41) is 6.45. The molecule has 0 bridgehead atoms. The number of hydrogen-bond acceptors (Lipinski definition) is 3. The van der Waals surface area contributed by atoms with E-state index in [0.717, 1.165) is 16.7 Å². The van der Waals surface area contributed by atoms with E-state index in [0.29, 0.717) is 25.5 Å². The van der Waals surface area contributed by atoms with E-state index in [1.54, 1.807) is 4.90 Å². The molecular weight excluding hydrogens is 360 g/mol. The van der Waals surface area contributed by atoms with E-state index in [2.05, 4.69) is 22.8 Å². The molecule has 2 N–H and O–H groups in total. The number of nitrogens with zero attached hydrogens (tertiary/aromatic N) is 2. The van der Waals surface area contributed by atoms with Crippen LogP contribution in [0.15, 0.2) is 96.0 Å². The minimum atomic E-state index is -0.299. The Morgan fingerprint density at radius 1 is 0.793 bits per heavy atom. The van der Waals surface area contributed by atoms with E-state index in [4.69, 9.17) is 4.99 Å². The zero-order chi connectivity index (χ0) is 19.9. The van der Waals surface area contributed by atoms with E-state index in [1.807, 2.05) is 78.9 Å². The maximum atomic E-state index is 12.7. The largest absolute Gasteiger partial charge is 0.324 e. The third-order valence-corrected chi connectivity index (χ3v) is 4.88. The molecule has 0 aliphatic carbocycles. The van der Waals surface area contributed by atoms with Crippen molar-refractivity contribution in [2.75, 3.05) is 0 Å². The van der Waals surface area contributed by atoms with Gasteiger partial charge in [-0.3, -0.25) is 20.5 Å². The molecule has 29 heavy (non-hydrogen) atoms. The van der Waals surface area contributed by atoms with Gasteiger partial charge in [0.05, 0.1) is 6.54 Å². The zero-order valence-electron chi connectivity index (χ0n) is 16.2. The standard InChI is InChI=1S/C24H24N4O/c29-24-27-22(25-16-19-10-4-1-5-11-19)23(26-17-20-12-6-2-7-13-20)28(24)18-21-14-8-3-9-15-21/h1-15,23,26H,16-18H2,(H,25,27,29)/t23-/m0/s1. The van der Waals surface area contributed by atoms with Crippen LogP contribution in [0.4, 0.5) is 4.79 Å². The van der Waals surface area contributed by atoms with Gasteiger partial charge in [0.1, 0.15) is 12.0 Å². The van der Waals surface area contributed by atoms with Crippen molar-refractivity contribution in [3.8, 4) is 0 Å². The molecule has 3 aromatic carbocycles. The average Bonchev–Trinajstić information content (AvgIpc) is 3.07. The Bertz CT molecular complexity index is 958. The number of rotatable bonds is 7. The second-order valence-corrected chi connectivity index (χ2v) is 7.00. The Kier molecular flexibility index (Phi) is 5.98. The Labute approximate surface area is 171 Å². The maximum absolute atomic E-state index is 12.7. The van der Waals surface area contributed by atoms with Gasteiger partial charge < -0.3 is 0 Å². The molecule has 0 spiro atoms. The van der Waals surface area contributed by atoms with Crippen LogP contribution < -0.4 is 10.6 Å². The van der Waals surface area contributed by atoms with Gasteiger partial charge in [0.2, 0.25) is 0 Å². The molecule has 0 aromatic heterocycles. The van der Waals surface area contributed by atoms with Crippen molar-refractivity contribution in [2.24, 2.45) is 4.99 Å². The van der Waals surface area contributed by atoms with Crippen LogP contribution in [0.1, 0.15) is 16.7 Å². The fraction of sp³-hybridized carbons (Fsp3) is 0.167. The molecule has 2 amide bonds. The minimum absolute atomic E-state index is 0.133. The lowest BCUT2D eigenvalue weighted by atomic mass is 10.2. The van der Waals surface area contributed by atoms with Crippen LogP contribution in [0.3, 0.4) is 0 Å². The minimum Gasteiger partial charge on any atom is -0.297 e. The molecule has 1 heterocycles. The molecule has 4 rings (SSSR count). The lowest BCUT2D eigenvalue weighted by molar-refractivity contribution is 0.195. The fourth-order valence-electron chi connectivity index (χ4n) is 3.36. The Morgan fingerprint density at radius 3 is 1.97 bits per heavy atom. The second-order valence-electron chi connectivity index (χ2n) is 7.00. The molecule has 5 nitrogen and oxygen atoms in total. The molecule has 5 heteroatoms. The molecule has 0 unspecified atom stereocenters. The van der Waals surface area contributed by atoms with E-state index in [1.165, 1.54) is 0 Å². The third-order valence-electron chi connectivity index (χ3n) is 4.88. The van der Waals surface area contributed by atoms with E-state index in [9.17, 15) is 4.79 Å². The van der Waals surface area contributed by atoms with Gasteiger partial charge in [-0.05, 0) is 16.7 Å².